The number of thiazole rings is 1. The molecule has 1 heterocycles. The second-order valence-corrected chi connectivity index (χ2v) is 6.36. The van der Waals surface area contributed by atoms with E-state index in [9.17, 15) is 9.59 Å². The summed E-state index contributed by atoms with van der Waals surface area (Å²) < 4.78 is 4.66. The Morgan fingerprint density at radius 3 is 2.53 bits per heavy atom. The van der Waals surface area contributed by atoms with Crippen LogP contribution in [0.15, 0.2) is 0 Å². The Kier molecular flexibility index (Phi) is 3.62. The van der Waals surface area contributed by atoms with E-state index >= 15 is 0 Å². The number of esters is 1. The number of carbonyl (C=O) groups is 2. The number of hydrogen-bond donors (Lipinski definition) is 1. The fourth-order valence-corrected chi connectivity index (χ4v) is 3.04. The zero-order valence-electron chi connectivity index (χ0n) is 11.6. The van der Waals surface area contributed by atoms with Gasteiger partial charge in [-0.1, -0.05) is 11.3 Å². The molecule has 1 saturated carbocycles. The first-order valence-electron chi connectivity index (χ1n) is 6.23. The molecule has 6 heteroatoms. The predicted octanol–water partition coefficient (Wildman–Crippen LogP) is 2.73. The van der Waals surface area contributed by atoms with Crippen molar-refractivity contribution in [1.82, 2.24) is 4.98 Å². The minimum Gasteiger partial charge on any atom is -0.464 e. The molecule has 0 amide bonds. The number of nitrogens with zero attached hydrogens (tertiary/aromatic N) is 1. The molecule has 1 aliphatic rings. The summed E-state index contributed by atoms with van der Waals surface area (Å²) in [5, 5.41) is 3.92. The van der Waals surface area contributed by atoms with E-state index in [1.807, 2.05) is 0 Å². The second-order valence-electron chi connectivity index (χ2n) is 5.37. The van der Waals surface area contributed by atoms with Crippen LogP contribution in [0.3, 0.4) is 0 Å². The number of rotatable bonds is 5. The third-order valence-corrected chi connectivity index (χ3v) is 4.42. The first kappa shape index (κ1) is 14.0. The van der Waals surface area contributed by atoms with Gasteiger partial charge < -0.3 is 10.1 Å². The topological polar surface area (TPSA) is 68.3 Å². The zero-order valence-corrected chi connectivity index (χ0v) is 12.4. The highest BCUT2D eigenvalue weighted by Gasteiger charge is 2.38. The van der Waals surface area contributed by atoms with Crippen LogP contribution in [0.5, 0.6) is 0 Å². The molecule has 1 aromatic heterocycles. The van der Waals surface area contributed by atoms with Gasteiger partial charge in [-0.25, -0.2) is 9.78 Å². The molecule has 0 saturated heterocycles. The van der Waals surface area contributed by atoms with E-state index in [4.69, 9.17) is 0 Å². The maximum Gasteiger partial charge on any atom is 0.358 e. The highest BCUT2D eigenvalue weighted by molar-refractivity contribution is 7.17. The lowest BCUT2D eigenvalue weighted by Crippen LogP contribution is -2.33. The second kappa shape index (κ2) is 4.92. The smallest absolute Gasteiger partial charge is 0.358 e. The van der Waals surface area contributed by atoms with Crippen molar-refractivity contribution in [3.63, 3.8) is 0 Å². The van der Waals surface area contributed by atoms with Crippen LogP contribution in [-0.4, -0.2) is 29.4 Å². The fraction of sp³-hybridized carbons (Fsp3) is 0.615. The summed E-state index contributed by atoms with van der Waals surface area (Å²) in [7, 11) is 1.28. The van der Waals surface area contributed by atoms with Crippen molar-refractivity contribution in [3.8, 4) is 0 Å². The van der Waals surface area contributed by atoms with Gasteiger partial charge in [0.2, 0.25) is 0 Å². The molecule has 19 heavy (non-hydrogen) atoms. The van der Waals surface area contributed by atoms with Gasteiger partial charge in [-0.3, -0.25) is 4.79 Å². The molecule has 0 atom stereocenters. The number of Topliss-reactive ketones (excluding diaryl/α,β-unsaturated/α-hetero) is 1. The van der Waals surface area contributed by atoms with Gasteiger partial charge in [-0.05, 0) is 32.6 Å². The molecule has 0 aromatic carbocycles. The van der Waals surface area contributed by atoms with Crippen molar-refractivity contribution in [2.75, 3.05) is 12.4 Å². The van der Waals surface area contributed by atoms with E-state index in [2.05, 4.69) is 28.9 Å². The summed E-state index contributed by atoms with van der Waals surface area (Å²) in [6.07, 6.45) is 2.41. The summed E-state index contributed by atoms with van der Waals surface area (Å²) in [6.45, 7) is 5.64. The monoisotopic (exact) mass is 282 g/mol. The number of ether oxygens (including phenoxy) is 1. The molecule has 1 N–H and O–H groups in total. The molecule has 2 rings (SSSR count). The Hall–Kier alpha value is -1.43. The molecule has 0 spiro atoms. The summed E-state index contributed by atoms with van der Waals surface area (Å²) >= 11 is 1.21. The lowest BCUT2D eigenvalue weighted by molar-refractivity contribution is 0.0591. The molecule has 1 aliphatic carbocycles. The standard InChI is InChI=1S/C13H18N2O3S/c1-7(16)10-9(11(17)18-4)14-12(19-10)15-13(2,3)8-5-6-8/h8H,5-6H2,1-4H3,(H,14,15). The predicted molar refractivity (Wildman–Crippen MR) is 73.9 cm³/mol. The minimum atomic E-state index is -0.571. The summed E-state index contributed by atoms with van der Waals surface area (Å²) in [5.74, 6) is -0.118. The van der Waals surface area contributed by atoms with Gasteiger partial charge in [-0.2, -0.15) is 0 Å². The Bertz CT molecular complexity index is 518. The van der Waals surface area contributed by atoms with Crippen LogP contribution in [0.1, 0.15) is 53.8 Å². The van der Waals surface area contributed by atoms with Crippen molar-refractivity contribution < 1.29 is 14.3 Å². The van der Waals surface area contributed by atoms with Crippen LogP contribution in [0, 0.1) is 5.92 Å². The van der Waals surface area contributed by atoms with Gasteiger partial charge in [0, 0.05) is 12.5 Å². The Balaban J connectivity index is 2.27. The molecule has 5 nitrogen and oxygen atoms in total. The van der Waals surface area contributed by atoms with Crippen LogP contribution in [0.2, 0.25) is 0 Å². The van der Waals surface area contributed by atoms with Crippen molar-refractivity contribution in [2.24, 2.45) is 5.92 Å². The fourth-order valence-electron chi connectivity index (χ4n) is 2.03. The number of nitrogens with one attached hydrogen (secondary N) is 1. The van der Waals surface area contributed by atoms with E-state index in [1.54, 1.807) is 0 Å². The first-order chi connectivity index (χ1) is 8.85. The zero-order chi connectivity index (χ0) is 14.2. The van der Waals surface area contributed by atoms with Crippen molar-refractivity contribution in [1.29, 1.82) is 0 Å². The van der Waals surface area contributed by atoms with Crippen LogP contribution in [0.25, 0.3) is 0 Å². The minimum absolute atomic E-state index is 0.0701. The molecule has 1 aromatic rings. The lowest BCUT2D eigenvalue weighted by atomic mass is 9.99. The summed E-state index contributed by atoms with van der Waals surface area (Å²) in [6, 6.07) is 0. The molecule has 0 bridgehead atoms. The van der Waals surface area contributed by atoms with Crippen LogP contribution in [0.4, 0.5) is 5.13 Å². The maximum absolute atomic E-state index is 11.6. The van der Waals surface area contributed by atoms with Crippen LogP contribution in [-0.2, 0) is 4.74 Å². The van der Waals surface area contributed by atoms with E-state index in [0.717, 1.165) is 0 Å². The van der Waals surface area contributed by atoms with Crippen molar-refractivity contribution >= 4 is 28.2 Å². The SMILES string of the molecule is COC(=O)c1nc(NC(C)(C)C2CC2)sc1C(C)=O. The molecule has 1 fully saturated rings. The van der Waals surface area contributed by atoms with Gasteiger partial charge in [-0.15, -0.1) is 0 Å². The Labute approximate surface area is 116 Å². The van der Waals surface area contributed by atoms with Crippen molar-refractivity contribution in [3.05, 3.63) is 10.6 Å². The van der Waals surface area contributed by atoms with E-state index < -0.39 is 5.97 Å². The van der Waals surface area contributed by atoms with Crippen molar-refractivity contribution in [2.45, 2.75) is 39.2 Å². The molecular formula is C13H18N2O3S. The maximum atomic E-state index is 11.6. The number of ketones is 1. The highest BCUT2D eigenvalue weighted by atomic mass is 32.1. The van der Waals surface area contributed by atoms with E-state index in [1.165, 1.54) is 38.2 Å². The van der Waals surface area contributed by atoms with Gasteiger partial charge in [0.15, 0.2) is 16.6 Å². The highest BCUT2D eigenvalue weighted by Crippen LogP contribution is 2.41. The number of methoxy groups -OCH3 is 1. The largest absolute Gasteiger partial charge is 0.464 e. The third kappa shape index (κ3) is 2.94. The Morgan fingerprint density at radius 1 is 1.42 bits per heavy atom. The number of anilines is 1. The molecule has 0 unspecified atom stereocenters. The summed E-state index contributed by atoms with van der Waals surface area (Å²) in [4.78, 5) is 27.7. The quantitative estimate of drug-likeness (QED) is 0.664. The van der Waals surface area contributed by atoms with Gasteiger partial charge in [0.1, 0.15) is 4.88 Å². The Morgan fingerprint density at radius 2 is 2.05 bits per heavy atom. The van der Waals surface area contributed by atoms with Gasteiger partial charge in [0.25, 0.3) is 0 Å². The number of aromatic nitrogens is 1. The first-order valence-corrected chi connectivity index (χ1v) is 7.05. The molecular weight excluding hydrogens is 264 g/mol. The molecule has 104 valence electrons. The van der Waals surface area contributed by atoms with E-state index in [-0.39, 0.29) is 17.0 Å². The summed E-state index contributed by atoms with van der Waals surface area (Å²) in [5.41, 5.74) is 0.0355. The van der Waals surface area contributed by atoms with E-state index in [0.29, 0.717) is 15.9 Å². The lowest BCUT2D eigenvalue weighted by Gasteiger charge is -2.25. The average molecular weight is 282 g/mol. The average Bonchev–Trinajstić information content (AvgIpc) is 3.10. The molecule has 0 aliphatic heterocycles. The molecule has 0 radical (unpaired) electrons. The normalized spacial score (nSPS) is 15.2. The number of carbonyl (C=O) groups excluding carboxylic acids is 2. The van der Waals surface area contributed by atoms with Crippen LogP contribution >= 0.6 is 11.3 Å². The van der Waals surface area contributed by atoms with Gasteiger partial charge >= 0.3 is 5.97 Å². The van der Waals surface area contributed by atoms with Crippen LogP contribution < -0.4 is 5.32 Å². The third-order valence-electron chi connectivity index (χ3n) is 3.35. The van der Waals surface area contributed by atoms with Gasteiger partial charge in [0.05, 0.1) is 7.11 Å². The number of hydrogen-bond acceptors (Lipinski definition) is 6.